The van der Waals surface area contributed by atoms with Crippen LogP contribution in [-0.4, -0.2) is 10.8 Å². The Balaban J connectivity index is 1.46. The average molecular weight is 458 g/mol. The molecule has 0 saturated heterocycles. The fourth-order valence-corrected chi connectivity index (χ4v) is 3.19. The maximum absolute atomic E-state index is 12.7. The van der Waals surface area contributed by atoms with E-state index in [1.54, 1.807) is 18.2 Å². The quantitative estimate of drug-likeness (QED) is 0.241. The zero-order valence-electron chi connectivity index (χ0n) is 18.6. The van der Waals surface area contributed by atoms with Crippen molar-refractivity contribution < 1.29 is 23.6 Å². The summed E-state index contributed by atoms with van der Waals surface area (Å²) < 4.78 is 17.0. The lowest BCUT2D eigenvalue weighted by Crippen LogP contribution is -2.11. The number of anilines is 1. The summed E-state index contributed by atoms with van der Waals surface area (Å²) in [7, 11) is 0. The number of rotatable bonds is 8. The van der Waals surface area contributed by atoms with Gasteiger partial charge in [-0.1, -0.05) is 29.8 Å². The van der Waals surface area contributed by atoms with Crippen molar-refractivity contribution >= 4 is 17.3 Å². The molecule has 4 rings (SSSR count). The van der Waals surface area contributed by atoms with Gasteiger partial charge in [-0.3, -0.25) is 14.9 Å². The molecule has 0 saturated carbocycles. The zero-order chi connectivity index (χ0) is 24.1. The van der Waals surface area contributed by atoms with Crippen LogP contribution in [0.1, 0.15) is 27.4 Å². The summed E-state index contributed by atoms with van der Waals surface area (Å²) in [6, 6.07) is 22.1. The number of hydrogen-bond donors (Lipinski definition) is 1. The Hall–Kier alpha value is -4.59. The van der Waals surface area contributed by atoms with Crippen LogP contribution in [0.3, 0.4) is 0 Å². The number of nitrogens with one attached hydrogen (secondary N) is 1. The summed E-state index contributed by atoms with van der Waals surface area (Å²) in [5, 5.41) is 14.0. The Kier molecular flexibility index (Phi) is 6.59. The molecule has 8 heteroatoms. The minimum atomic E-state index is -0.552. The van der Waals surface area contributed by atoms with Gasteiger partial charge in [-0.15, -0.1) is 0 Å². The molecule has 1 amide bonds. The number of benzene rings is 3. The van der Waals surface area contributed by atoms with E-state index in [1.807, 2.05) is 50.2 Å². The fraction of sp³-hybridized carbons (Fsp3) is 0.115. The summed E-state index contributed by atoms with van der Waals surface area (Å²) in [6.45, 7) is 4.06. The van der Waals surface area contributed by atoms with Crippen molar-refractivity contribution in [1.29, 1.82) is 0 Å². The van der Waals surface area contributed by atoms with E-state index in [1.165, 1.54) is 24.3 Å². The van der Waals surface area contributed by atoms with Gasteiger partial charge in [0.1, 0.15) is 29.6 Å². The van der Waals surface area contributed by atoms with E-state index >= 15 is 0 Å². The Morgan fingerprint density at radius 3 is 2.44 bits per heavy atom. The number of nitro groups is 1. The minimum Gasteiger partial charge on any atom is -0.486 e. The number of carbonyl (C=O) groups excluding carboxylic acids is 1. The minimum absolute atomic E-state index is 0.0513. The van der Waals surface area contributed by atoms with Crippen molar-refractivity contribution in [2.45, 2.75) is 20.5 Å². The Bertz CT molecular complexity index is 1330. The molecule has 0 unspecified atom stereocenters. The van der Waals surface area contributed by atoms with Gasteiger partial charge in [0, 0.05) is 12.1 Å². The van der Waals surface area contributed by atoms with E-state index in [4.69, 9.17) is 13.9 Å². The van der Waals surface area contributed by atoms with Gasteiger partial charge in [-0.2, -0.15) is 0 Å². The van der Waals surface area contributed by atoms with Gasteiger partial charge in [0.15, 0.2) is 5.76 Å². The van der Waals surface area contributed by atoms with Crippen LogP contribution in [0.5, 0.6) is 17.2 Å². The first kappa shape index (κ1) is 22.6. The number of amides is 1. The predicted molar refractivity (Wildman–Crippen MR) is 127 cm³/mol. The number of aryl methyl sites for hydroxylation is 2. The summed E-state index contributed by atoms with van der Waals surface area (Å²) in [4.78, 5) is 23.5. The highest BCUT2D eigenvalue weighted by molar-refractivity contribution is 6.02. The summed E-state index contributed by atoms with van der Waals surface area (Å²) >= 11 is 0. The van der Waals surface area contributed by atoms with Crippen LogP contribution in [0.4, 0.5) is 11.4 Å². The van der Waals surface area contributed by atoms with E-state index in [0.29, 0.717) is 17.3 Å². The molecule has 0 aliphatic rings. The molecule has 0 spiro atoms. The van der Waals surface area contributed by atoms with Gasteiger partial charge in [0.2, 0.25) is 0 Å². The van der Waals surface area contributed by atoms with Gasteiger partial charge < -0.3 is 19.2 Å². The largest absolute Gasteiger partial charge is 0.486 e. The second kappa shape index (κ2) is 9.91. The number of carbonyl (C=O) groups is 1. The second-order valence-corrected chi connectivity index (χ2v) is 7.71. The van der Waals surface area contributed by atoms with E-state index in [9.17, 15) is 14.9 Å². The molecule has 0 aliphatic carbocycles. The molecule has 4 aromatic rings. The number of non-ortho nitro benzene ring substituents is 1. The first-order valence-corrected chi connectivity index (χ1v) is 10.5. The maximum Gasteiger partial charge on any atom is 0.291 e. The van der Waals surface area contributed by atoms with Crippen LogP contribution in [-0.2, 0) is 6.61 Å². The van der Waals surface area contributed by atoms with Crippen LogP contribution < -0.4 is 14.8 Å². The third-order valence-electron chi connectivity index (χ3n) is 4.87. The van der Waals surface area contributed by atoms with Gasteiger partial charge >= 0.3 is 0 Å². The molecule has 0 atom stereocenters. The smallest absolute Gasteiger partial charge is 0.291 e. The SMILES string of the molecule is Cc1ccc(Oc2cc(NC(=O)c3ccc(COc4cccc(C)c4)o3)cc([N+](=O)[O-])c2)cc1. The van der Waals surface area contributed by atoms with Crippen LogP contribution in [0.2, 0.25) is 0 Å². The third-order valence-corrected chi connectivity index (χ3v) is 4.87. The van der Waals surface area contributed by atoms with Gasteiger partial charge in [0.25, 0.3) is 11.6 Å². The number of nitro benzene ring substituents is 1. The normalized spacial score (nSPS) is 10.5. The number of ether oxygens (including phenoxy) is 2. The van der Waals surface area contributed by atoms with Gasteiger partial charge in [-0.25, -0.2) is 0 Å². The van der Waals surface area contributed by atoms with Crippen LogP contribution in [0.15, 0.2) is 83.3 Å². The first-order valence-electron chi connectivity index (χ1n) is 10.5. The molecule has 3 aromatic carbocycles. The molecule has 0 radical (unpaired) electrons. The molecular weight excluding hydrogens is 436 g/mol. The summed E-state index contributed by atoms with van der Waals surface area (Å²) in [5.74, 6) is 1.40. The molecule has 8 nitrogen and oxygen atoms in total. The highest BCUT2D eigenvalue weighted by Crippen LogP contribution is 2.30. The molecule has 172 valence electrons. The molecule has 1 N–H and O–H groups in total. The van der Waals surface area contributed by atoms with Gasteiger partial charge in [0.05, 0.1) is 16.7 Å². The number of hydrogen-bond acceptors (Lipinski definition) is 6. The lowest BCUT2D eigenvalue weighted by Gasteiger charge is -2.09. The highest BCUT2D eigenvalue weighted by atomic mass is 16.6. The number of nitrogens with zero attached hydrogens (tertiary/aromatic N) is 1. The Labute approximate surface area is 195 Å². The second-order valence-electron chi connectivity index (χ2n) is 7.71. The zero-order valence-corrected chi connectivity index (χ0v) is 18.6. The van der Waals surface area contributed by atoms with Crippen LogP contribution in [0, 0.1) is 24.0 Å². The standard InChI is InChI=1S/C26H22N2O6/c1-17-6-8-21(9-7-17)33-24-14-19(13-20(15-24)28(30)31)27-26(29)25-11-10-23(34-25)16-32-22-5-3-4-18(2)12-22/h3-15H,16H2,1-2H3,(H,27,29). The third kappa shape index (κ3) is 5.80. The van der Waals surface area contributed by atoms with Crippen molar-refractivity contribution in [2.75, 3.05) is 5.32 Å². The molecule has 1 heterocycles. The molecule has 1 aromatic heterocycles. The maximum atomic E-state index is 12.7. The predicted octanol–water partition coefficient (Wildman–Crippen LogP) is 6.43. The summed E-state index contributed by atoms with van der Waals surface area (Å²) in [5.41, 5.74) is 2.11. The molecular formula is C26H22N2O6. The van der Waals surface area contributed by atoms with E-state index in [0.717, 1.165) is 11.1 Å². The lowest BCUT2D eigenvalue weighted by molar-refractivity contribution is -0.384. The van der Waals surface area contributed by atoms with Crippen LogP contribution in [0.25, 0.3) is 0 Å². The number of furan rings is 1. The Morgan fingerprint density at radius 2 is 1.71 bits per heavy atom. The van der Waals surface area contributed by atoms with Crippen molar-refractivity contribution in [3.05, 3.63) is 112 Å². The van der Waals surface area contributed by atoms with Crippen molar-refractivity contribution in [3.8, 4) is 17.2 Å². The van der Waals surface area contributed by atoms with Crippen molar-refractivity contribution in [2.24, 2.45) is 0 Å². The molecule has 0 aliphatic heterocycles. The lowest BCUT2D eigenvalue weighted by atomic mass is 10.2. The van der Waals surface area contributed by atoms with Crippen molar-refractivity contribution in [1.82, 2.24) is 0 Å². The van der Waals surface area contributed by atoms with Crippen LogP contribution >= 0.6 is 0 Å². The monoisotopic (exact) mass is 458 g/mol. The molecule has 0 fully saturated rings. The van der Waals surface area contributed by atoms with E-state index in [2.05, 4.69) is 5.32 Å². The highest BCUT2D eigenvalue weighted by Gasteiger charge is 2.16. The van der Waals surface area contributed by atoms with Gasteiger partial charge in [-0.05, 0) is 55.8 Å². The molecule has 0 bridgehead atoms. The first-order chi connectivity index (χ1) is 16.4. The van der Waals surface area contributed by atoms with E-state index < -0.39 is 10.8 Å². The molecule has 34 heavy (non-hydrogen) atoms. The topological polar surface area (TPSA) is 104 Å². The average Bonchev–Trinajstić information content (AvgIpc) is 3.28. The van der Waals surface area contributed by atoms with E-state index in [-0.39, 0.29) is 29.5 Å². The van der Waals surface area contributed by atoms with Crippen molar-refractivity contribution in [3.63, 3.8) is 0 Å². The Morgan fingerprint density at radius 1 is 0.912 bits per heavy atom. The summed E-state index contributed by atoms with van der Waals surface area (Å²) in [6.07, 6.45) is 0. The fourth-order valence-electron chi connectivity index (χ4n) is 3.19.